The fraction of sp³-hybridized carbons (Fsp3) is 0.167. The molecule has 2 amide bonds. The molecule has 94 valence electrons. The molecule has 2 N–H and O–H groups in total. The number of benzene rings is 1. The van der Waals surface area contributed by atoms with Crippen LogP contribution in [0, 0.1) is 0 Å². The molecule has 0 unspecified atom stereocenters. The van der Waals surface area contributed by atoms with Gasteiger partial charge >= 0.3 is 12.0 Å². The Morgan fingerprint density at radius 2 is 2.06 bits per heavy atom. The Hall–Kier alpha value is -2.50. The van der Waals surface area contributed by atoms with Gasteiger partial charge in [-0.3, -0.25) is 10.2 Å². The molecule has 0 atom stereocenters. The molecule has 0 fully saturated rings. The highest BCUT2D eigenvalue weighted by Gasteiger charge is 2.12. The fourth-order valence-electron chi connectivity index (χ4n) is 1.43. The van der Waals surface area contributed by atoms with Gasteiger partial charge in [0.05, 0.1) is 6.61 Å². The SMILES string of the molecule is CCOC(=O)NNC(=O)c1cc2ccccc2o1. The lowest BCUT2D eigenvalue weighted by atomic mass is 10.2. The largest absolute Gasteiger partial charge is 0.451 e. The second-order valence-corrected chi connectivity index (χ2v) is 3.45. The van der Waals surface area contributed by atoms with Crippen molar-refractivity contribution in [3.05, 3.63) is 36.1 Å². The van der Waals surface area contributed by atoms with Gasteiger partial charge in [0, 0.05) is 5.39 Å². The van der Waals surface area contributed by atoms with Crippen LogP contribution < -0.4 is 10.9 Å². The van der Waals surface area contributed by atoms with Crippen LogP contribution in [-0.2, 0) is 4.74 Å². The van der Waals surface area contributed by atoms with Gasteiger partial charge < -0.3 is 9.15 Å². The maximum atomic E-state index is 11.6. The van der Waals surface area contributed by atoms with E-state index in [0.29, 0.717) is 5.58 Å². The Morgan fingerprint density at radius 1 is 1.28 bits per heavy atom. The molecule has 0 aliphatic carbocycles. The molecule has 6 heteroatoms. The zero-order chi connectivity index (χ0) is 13.0. The molecule has 2 rings (SSSR count). The molecular weight excluding hydrogens is 236 g/mol. The van der Waals surface area contributed by atoms with Crippen molar-refractivity contribution < 1.29 is 18.7 Å². The van der Waals surface area contributed by atoms with Crippen molar-refractivity contribution in [2.75, 3.05) is 6.61 Å². The molecule has 0 aliphatic heterocycles. The molecule has 2 aromatic rings. The van der Waals surface area contributed by atoms with Crippen LogP contribution in [-0.4, -0.2) is 18.6 Å². The van der Waals surface area contributed by atoms with Crippen LogP contribution in [0.25, 0.3) is 11.0 Å². The monoisotopic (exact) mass is 248 g/mol. The molecule has 6 nitrogen and oxygen atoms in total. The van der Waals surface area contributed by atoms with E-state index in [9.17, 15) is 9.59 Å². The third kappa shape index (κ3) is 2.60. The first kappa shape index (κ1) is 12.0. The van der Waals surface area contributed by atoms with Crippen LogP contribution in [0.1, 0.15) is 17.5 Å². The summed E-state index contributed by atoms with van der Waals surface area (Å²) in [5.74, 6) is -0.424. The highest BCUT2D eigenvalue weighted by molar-refractivity contribution is 5.96. The zero-order valence-electron chi connectivity index (χ0n) is 9.73. The van der Waals surface area contributed by atoms with E-state index in [-0.39, 0.29) is 12.4 Å². The number of fused-ring (bicyclic) bond motifs is 1. The van der Waals surface area contributed by atoms with Gasteiger partial charge in [-0.15, -0.1) is 0 Å². The zero-order valence-corrected chi connectivity index (χ0v) is 9.73. The lowest BCUT2D eigenvalue weighted by Crippen LogP contribution is -2.41. The summed E-state index contributed by atoms with van der Waals surface area (Å²) in [6.45, 7) is 1.90. The average Bonchev–Trinajstić information content (AvgIpc) is 2.80. The van der Waals surface area contributed by atoms with Crippen LogP contribution in [0.2, 0.25) is 0 Å². The second kappa shape index (κ2) is 5.22. The highest BCUT2D eigenvalue weighted by atomic mass is 16.6. The Balaban J connectivity index is 2.02. The minimum atomic E-state index is -0.720. The van der Waals surface area contributed by atoms with E-state index < -0.39 is 12.0 Å². The number of carbonyl (C=O) groups is 2. The summed E-state index contributed by atoms with van der Waals surface area (Å²) >= 11 is 0. The highest BCUT2D eigenvalue weighted by Crippen LogP contribution is 2.18. The fourth-order valence-corrected chi connectivity index (χ4v) is 1.43. The summed E-state index contributed by atoms with van der Waals surface area (Å²) in [5.41, 5.74) is 4.90. The van der Waals surface area contributed by atoms with Crippen LogP contribution in [0.5, 0.6) is 0 Å². The number of ether oxygens (including phenoxy) is 1. The van der Waals surface area contributed by atoms with E-state index in [1.165, 1.54) is 0 Å². The van der Waals surface area contributed by atoms with Crippen molar-refractivity contribution in [1.82, 2.24) is 10.9 Å². The van der Waals surface area contributed by atoms with Gasteiger partial charge in [-0.05, 0) is 19.1 Å². The summed E-state index contributed by atoms with van der Waals surface area (Å²) in [6.07, 6.45) is -0.720. The Bertz CT molecular complexity index is 543. The van der Waals surface area contributed by atoms with Gasteiger partial charge in [0.2, 0.25) is 0 Å². The number of hydrazine groups is 1. The van der Waals surface area contributed by atoms with Gasteiger partial charge in [-0.2, -0.15) is 0 Å². The molecule has 1 heterocycles. The van der Waals surface area contributed by atoms with Crippen molar-refractivity contribution >= 4 is 23.0 Å². The summed E-state index contributed by atoms with van der Waals surface area (Å²) in [7, 11) is 0. The predicted octanol–water partition coefficient (Wildman–Crippen LogP) is 1.82. The first-order valence-corrected chi connectivity index (χ1v) is 5.42. The van der Waals surface area contributed by atoms with Crippen molar-refractivity contribution in [3.8, 4) is 0 Å². The van der Waals surface area contributed by atoms with Gasteiger partial charge in [0.25, 0.3) is 0 Å². The second-order valence-electron chi connectivity index (χ2n) is 3.45. The number of nitrogens with one attached hydrogen (secondary N) is 2. The standard InChI is InChI=1S/C12H12N2O4/c1-2-17-12(16)14-13-11(15)10-7-8-5-3-4-6-9(8)18-10/h3-7H,2H2,1H3,(H,13,15)(H,14,16). The molecule has 18 heavy (non-hydrogen) atoms. The Labute approximate surface area is 103 Å². The topological polar surface area (TPSA) is 80.6 Å². The Morgan fingerprint density at radius 3 is 2.78 bits per heavy atom. The third-order valence-corrected chi connectivity index (χ3v) is 2.20. The van der Waals surface area contributed by atoms with Crippen molar-refractivity contribution in [2.24, 2.45) is 0 Å². The normalized spacial score (nSPS) is 10.1. The molecule has 0 saturated heterocycles. The van der Waals surface area contributed by atoms with E-state index in [1.807, 2.05) is 18.2 Å². The average molecular weight is 248 g/mol. The summed E-state index contributed by atoms with van der Waals surface area (Å²) in [4.78, 5) is 22.6. The molecule has 0 bridgehead atoms. The quantitative estimate of drug-likeness (QED) is 0.794. The van der Waals surface area contributed by atoms with Gasteiger partial charge in [-0.25, -0.2) is 10.2 Å². The van der Waals surface area contributed by atoms with Crippen molar-refractivity contribution in [1.29, 1.82) is 0 Å². The minimum Gasteiger partial charge on any atom is -0.451 e. The maximum absolute atomic E-state index is 11.6. The van der Waals surface area contributed by atoms with E-state index in [4.69, 9.17) is 4.42 Å². The molecule has 1 aromatic heterocycles. The summed E-state index contributed by atoms with van der Waals surface area (Å²) in [6, 6.07) is 8.83. The van der Waals surface area contributed by atoms with Crippen LogP contribution in [0.15, 0.2) is 34.7 Å². The third-order valence-electron chi connectivity index (χ3n) is 2.20. The first-order valence-electron chi connectivity index (χ1n) is 5.42. The summed E-state index contributed by atoms with van der Waals surface area (Å²) in [5, 5.41) is 0.818. The van der Waals surface area contributed by atoms with Gasteiger partial charge in [-0.1, -0.05) is 18.2 Å². The number of rotatable bonds is 2. The smallest absolute Gasteiger partial charge is 0.426 e. The number of hydrogen-bond donors (Lipinski definition) is 2. The molecular formula is C12H12N2O4. The van der Waals surface area contributed by atoms with Crippen LogP contribution in [0.4, 0.5) is 4.79 Å². The lowest BCUT2D eigenvalue weighted by Gasteiger charge is -2.04. The molecule has 0 radical (unpaired) electrons. The van der Waals surface area contributed by atoms with E-state index in [1.54, 1.807) is 19.1 Å². The van der Waals surface area contributed by atoms with Gasteiger partial charge in [0.15, 0.2) is 5.76 Å². The number of amides is 2. The summed E-state index contributed by atoms with van der Waals surface area (Å²) < 4.78 is 9.91. The van der Waals surface area contributed by atoms with E-state index in [2.05, 4.69) is 15.6 Å². The lowest BCUT2D eigenvalue weighted by molar-refractivity contribution is 0.0888. The van der Waals surface area contributed by atoms with Crippen LogP contribution >= 0.6 is 0 Å². The van der Waals surface area contributed by atoms with Crippen LogP contribution in [0.3, 0.4) is 0 Å². The van der Waals surface area contributed by atoms with Crippen molar-refractivity contribution in [2.45, 2.75) is 6.92 Å². The molecule has 0 aliphatic rings. The van der Waals surface area contributed by atoms with E-state index in [0.717, 1.165) is 5.39 Å². The number of hydrogen-bond acceptors (Lipinski definition) is 4. The van der Waals surface area contributed by atoms with E-state index >= 15 is 0 Å². The maximum Gasteiger partial charge on any atom is 0.426 e. The van der Waals surface area contributed by atoms with Gasteiger partial charge in [0.1, 0.15) is 5.58 Å². The first-order chi connectivity index (χ1) is 8.70. The van der Waals surface area contributed by atoms with Crippen molar-refractivity contribution in [3.63, 3.8) is 0 Å². The predicted molar refractivity (Wildman–Crippen MR) is 63.8 cm³/mol. The molecule has 0 spiro atoms. The number of carbonyl (C=O) groups excluding carboxylic acids is 2. The molecule has 1 aromatic carbocycles. The molecule has 0 saturated carbocycles. The Kier molecular flexibility index (Phi) is 3.47. The number of furan rings is 1. The minimum absolute atomic E-state index is 0.119. The number of para-hydroxylation sites is 1.